The Balaban J connectivity index is 0.000000616. The Labute approximate surface area is 262 Å². The first-order valence-electron chi connectivity index (χ1n) is 13.5. The smallest absolute Gasteiger partial charge is 0.222 e. The Morgan fingerprint density at radius 2 is 1.28 bits per heavy atom. The summed E-state index contributed by atoms with van der Waals surface area (Å²) < 4.78 is 0. The summed E-state index contributed by atoms with van der Waals surface area (Å²) in [7, 11) is 0. The molecule has 0 aromatic heterocycles. The summed E-state index contributed by atoms with van der Waals surface area (Å²) in [5.74, 6) is 4.96. The van der Waals surface area contributed by atoms with Crippen molar-refractivity contribution in [2.24, 2.45) is 17.4 Å². The number of amides is 1. The van der Waals surface area contributed by atoms with Gasteiger partial charge in [-0.3, -0.25) is 19.2 Å². The van der Waals surface area contributed by atoms with Gasteiger partial charge in [-0.25, -0.2) is 0 Å². The minimum Gasteiger partial charge on any atom is -0.347 e. The van der Waals surface area contributed by atoms with E-state index in [9.17, 15) is 19.2 Å². The van der Waals surface area contributed by atoms with Crippen LogP contribution in [0, 0.1) is 5.92 Å². The van der Waals surface area contributed by atoms with Gasteiger partial charge in [0, 0.05) is 72.4 Å². The zero-order chi connectivity index (χ0) is 29.5. The average Bonchev–Trinajstić information content (AvgIpc) is 2.88. The van der Waals surface area contributed by atoms with E-state index in [4.69, 9.17) is 34.7 Å². The first kappa shape index (κ1) is 39.4. The van der Waals surface area contributed by atoms with Gasteiger partial charge in [0.15, 0.2) is 0 Å². The van der Waals surface area contributed by atoms with Crippen LogP contribution in [0.15, 0.2) is 0 Å². The topological polar surface area (TPSA) is 132 Å². The summed E-state index contributed by atoms with van der Waals surface area (Å²) in [6.07, 6.45) is 9.74. The minimum absolute atomic E-state index is 0.0118. The molecule has 0 radical (unpaired) electrons. The van der Waals surface area contributed by atoms with Gasteiger partial charge >= 0.3 is 0 Å². The largest absolute Gasteiger partial charge is 0.347 e. The monoisotopic (exact) mass is 663 g/mol. The molecular formula is C26H47Cl2N3O4S4. The van der Waals surface area contributed by atoms with Crippen LogP contribution in [-0.2, 0) is 19.2 Å². The van der Waals surface area contributed by atoms with Crippen molar-refractivity contribution in [3.63, 3.8) is 0 Å². The molecule has 2 saturated carbocycles. The van der Waals surface area contributed by atoms with E-state index in [-0.39, 0.29) is 24.5 Å². The molecule has 4 unspecified atom stereocenters. The second-order valence-electron chi connectivity index (χ2n) is 9.32. The maximum atomic E-state index is 11.6. The molecule has 0 saturated heterocycles. The van der Waals surface area contributed by atoms with Crippen molar-refractivity contribution in [2.75, 3.05) is 42.5 Å². The summed E-state index contributed by atoms with van der Waals surface area (Å²) >= 11 is 17.4. The Morgan fingerprint density at radius 1 is 0.744 bits per heavy atom. The Kier molecular flexibility index (Phi) is 26.3. The van der Waals surface area contributed by atoms with Crippen molar-refractivity contribution >= 4 is 92.4 Å². The number of carbonyl (C=O) groups excluding carboxylic acids is 4. The number of hydrogen-bond acceptors (Lipinski definition) is 10. The number of ketones is 1. The van der Waals surface area contributed by atoms with E-state index >= 15 is 0 Å². The molecule has 39 heavy (non-hydrogen) atoms. The summed E-state index contributed by atoms with van der Waals surface area (Å²) in [6.45, 7) is 3.89. The van der Waals surface area contributed by atoms with Crippen LogP contribution in [-0.4, -0.2) is 80.4 Å². The molecule has 2 aliphatic rings. The van der Waals surface area contributed by atoms with Gasteiger partial charge in [-0.15, -0.1) is 11.8 Å². The fraction of sp³-hybridized carbons (Fsp3) is 0.846. The van der Waals surface area contributed by atoms with Crippen LogP contribution in [0.5, 0.6) is 0 Å². The number of nitrogens with two attached hydrogens (primary N) is 2. The molecule has 0 bridgehead atoms. The quantitative estimate of drug-likeness (QED) is 0.0952. The highest BCUT2D eigenvalue weighted by molar-refractivity contribution is 8.04. The van der Waals surface area contributed by atoms with Crippen molar-refractivity contribution in [1.29, 1.82) is 0 Å². The van der Waals surface area contributed by atoms with E-state index in [0.29, 0.717) is 30.4 Å². The molecule has 0 aromatic carbocycles. The summed E-state index contributed by atoms with van der Waals surface area (Å²) in [5, 5.41) is 4.28. The van der Waals surface area contributed by atoms with E-state index in [2.05, 4.69) is 12.2 Å². The Morgan fingerprint density at radius 3 is 1.67 bits per heavy atom. The van der Waals surface area contributed by atoms with Crippen LogP contribution in [0.1, 0.15) is 71.1 Å². The van der Waals surface area contributed by atoms with Gasteiger partial charge in [0.05, 0.1) is 5.88 Å². The number of hydrogen-bond donors (Lipinski definition) is 3. The van der Waals surface area contributed by atoms with Crippen molar-refractivity contribution in [2.45, 2.75) is 86.9 Å². The van der Waals surface area contributed by atoms with Crippen molar-refractivity contribution in [3.8, 4) is 0 Å². The molecule has 2 rings (SSSR count). The van der Waals surface area contributed by atoms with E-state index < -0.39 is 10.5 Å². The molecule has 0 aromatic rings. The predicted molar refractivity (Wildman–Crippen MR) is 175 cm³/mol. The first-order valence-corrected chi connectivity index (χ1v) is 18.8. The van der Waals surface area contributed by atoms with Gasteiger partial charge in [0.25, 0.3) is 0 Å². The van der Waals surface area contributed by atoms with E-state index in [0.717, 1.165) is 53.2 Å². The maximum absolute atomic E-state index is 11.6. The lowest BCUT2D eigenvalue weighted by atomic mass is 9.87. The predicted octanol–water partition coefficient (Wildman–Crippen LogP) is 5.28. The second kappa shape index (κ2) is 26.0. The highest BCUT2D eigenvalue weighted by Gasteiger charge is 2.30. The molecule has 7 nitrogen and oxygen atoms in total. The SMILES string of the molecule is CSCCCC(=O)CCC(=O)NCSC1CCC1C.NCCSC1CCC1SCCN.O=C(Cl)CCC(=O)Cl. The number of Topliss-reactive ketones (excluding diaryl/α,β-unsaturated/α-hetero) is 1. The highest BCUT2D eigenvalue weighted by atomic mass is 35.5. The normalized spacial score (nSPS) is 21.2. The highest BCUT2D eigenvalue weighted by Crippen LogP contribution is 2.39. The zero-order valence-electron chi connectivity index (χ0n) is 23.3. The number of nitrogens with one attached hydrogen (secondary N) is 1. The zero-order valence-corrected chi connectivity index (χ0v) is 28.1. The van der Waals surface area contributed by atoms with E-state index in [1.807, 2.05) is 41.5 Å². The molecule has 5 N–H and O–H groups in total. The third-order valence-corrected chi connectivity index (χ3v) is 11.7. The summed E-state index contributed by atoms with van der Waals surface area (Å²) in [5.41, 5.74) is 10.9. The lowest BCUT2D eigenvalue weighted by molar-refractivity contribution is -0.125. The lowest BCUT2D eigenvalue weighted by Gasteiger charge is -2.35. The number of thioether (sulfide) groups is 4. The third-order valence-electron chi connectivity index (χ3n) is 6.11. The fourth-order valence-electron chi connectivity index (χ4n) is 3.45. The van der Waals surface area contributed by atoms with Gasteiger partial charge in [-0.2, -0.15) is 35.3 Å². The molecule has 4 atom stereocenters. The van der Waals surface area contributed by atoms with Crippen LogP contribution < -0.4 is 16.8 Å². The molecule has 2 aliphatic carbocycles. The minimum atomic E-state index is -0.529. The standard InChI is InChI=1S/C14H25NO2S2.C8H18N2S2.C4H4Cl2O2/c1-11-5-7-13(11)19-10-15-14(17)8-6-12(16)4-3-9-18-2;9-3-5-11-7-1-2-8(7)12-6-4-10;5-3(7)1-2-4(6)8/h11,13H,3-10H2,1-2H3,(H,15,17);7-8H,1-6,9-10H2;1-2H2. The summed E-state index contributed by atoms with van der Waals surface area (Å²) in [4.78, 5) is 42.9. The van der Waals surface area contributed by atoms with E-state index in [1.54, 1.807) is 11.8 Å². The van der Waals surface area contributed by atoms with Gasteiger partial charge in [0.2, 0.25) is 16.4 Å². The number of rotatable bonds is 19. The average molecular weight is 665 g/mol. The molecular weight excluding hydrogens is 617 g/mol. The van der Waals surface area contributed by atoms with Gasteiger partial charge in [-0.05, 0) is 73.2 Å². The molecule has 0 heterocycles. The van der Waals surface area contributed by atoms with Crippen LogP contribution >= 0.6 is 70.2 Å². The second-order valence-corrected chi connectivity index (χ2v) is 15.1. The molecule has 228 valence electrons. The van der Waals surface area contributed by atoms with Crippen molar-refractivity contribution in [1.82, 2.24) is 5.32 Å². The van der Waals surface area contributed by atoms with Gasteiger partial charge < -0.3 is 16.8 Å². The van der Waals surface area contributed by atoms with Crippen molar-refractivity contribution in [3.05, 3.63) is 0 Å². The maximum Gasteiger partial charge on any atom is 0.222 e. The van der Waals surface area contributed by atoms with Crippen molar-refractivity contribution < 1.29 is 19.2 Å². The Bertz CT molecular complexity index is 682. The molecule has 0 spiro atoms. The summed E-state index contributed by atoms with van der Waals surface area (Å²) in [6, 6.07) is 0. The molecule has 13 heteroatoms. The first-order chi connectivity index (χ1) is 18.6. The number of carbonyl (C=O) groups is 4. The number of halogens is 2. The van der Waals surface area contributed by atoms with Crippen LogP contribution in [0.25, 0.3) is 0 Å². The third kappa shape index (κ3) is 22.6. The van der Waals surface area contributed by atoms with Gasteiger partial charge in [-0.1, -0.05) is 6.92 Å². The van der Waals surface area contributed by atoms with Crippen LogP contribution in [0.4, 0.5) is 0 Å². The molecule has 1 amide bonds. The molecule has 2 fully saturated rings. The molecule has 0 aliphatic heterocycles. The van der Waals surface area contributed by atoms with Gasteiger partial charge in [0.1, 0.15) is 5.78 Å². The van der Waals surface area contributed by atoms with Crippen LogP contribution in [0.3, 0.4) is 0 Å². The van der Waals surface area contributed by atoms with Crippen LogP contribution in [0.2, 0.25) is 0 Å². The fourth-order valence-corrected chi connectivity index (χ4v) is 7.95. The lowest BCUT2D eigenvalue weighted by Crippen LogP contribution is -2.33. The van der Waals surface area contributed by atoms with E-state index in [1.165, 1.54) is 25.7 Å². The Hall–Kier alpha value is 0.380.